The number of anilines is 1. The van der Waals surface area contributed by atoms with Crippen molar-refractivity contribution in [3.05, 3.63) is 29.8 Å². The summed E-state index contributed by atoms with van der Waals surface area (Å²) < 4.78 is 8.56. The molecule has 0 unspecified atom stereocenters. The minimum absolute atomic E-state index is 0.122. The molecule has 1 amide bonds. The zero-order valence-corrected chi connectivity index (χ0v) is 11.8. The second kappa shape index (κ2) is 4.91. The Morgan fingerprint density at radius 3 is 3.11 bits per heavy atom. The Morgan fingerprint density at radius 1 is 1.42 bits per heavy atom. The summed E-state index contributed by atoms with van der Waals surface area (Å²) >= 11 is -0.122. The molecule has 0 aliphatic carbocycles. The molecule has 96 valence electrons. The van der Waals surface area contributed by atoms with E-state index in [2.05, 4.69) is 28.4 Å². The second-order valence-corrected chi connectivity index (χ2v) is 4.96. The fourth-order valence-electron chi connectivity index (χ4n) is 1.64. The van der Waals surface area contributed by atoms with Crippen molar-refractivity contribution in [1.82, 2.24) is 15.2 Å². The Kier molecular flexibility index (Phi) is 3.10. The third-order valence-electron chi connectivity index (χ3n) is 2.60. The number of hydrogen-bond acceptors (Lipinski definition) is 5. The van der Waals surface area contributed by atoms with Gasteiger partial charge in [-0.25, -0.2) is 0 Å². The van der Waals surface area contributed by atoms with Crippen LogP contribution in [-0.4, -0.2) is 35.7 Å². The van der Waals surface area contributed by atoms with E-state index < -0.39 is 0 Å². The molecular weight excluding hydrogens is 311 g/mol. The molecule has 2 heterocycles. The van der Waals surface area contributed by atoms with Crippen LogP contribution in [0.4, 0.5) is 17.1 Å². The molecule has 2 aromatic rings. The van der Waals surface area contributed by atoms with E-state index in [1.54, 1.807) is 6.07 Å². The van der Waals surface area contributed by atoms with Crippen LogP contribution in [0, 0.1) is 0 Å². The molecule has 1 aliphatic rings. The number of nitrogens with one attached hydrogen (secondary N) is 2. The molecule has 7 nitrogen and oxygen atoms in total. The Morgan fingerprint density at radius 2 is 2.32 bits per heavy atom. The van der Waals surface area contributed by atoms with Gasteiger partial charge in [0.15, 0.2) is 0 Å². The van der Waals surface area contributed by atoms with E-state index in [-0.39, 0.29) is 26.3 Å². The summed E-state index contributed by atoms with van der Waals surface area (Å²) in [5.41, 5.74) is 2.21. The number of fused-ring (bicyclic) bond motifs is 1. The van der Waals surface area contributed by atoms with Gasteiger partial charge >= 0.3 is 114 Å². The fourth-order valence-corrected chi connectivity index (χ4v) is 2.79. The summed E-state index contributed by atoms with van der Waals surface area (Å²) in [4.78, 5) is 16.1. The van der Waals surface area contributed by atoms with Gasteiger partial charge in [-0.1, -0.05) is 0 Å². The van der Waals surface area contributed by atoms with Gasteiger partial charge in [-0.2, -0.15) is 0 Å². The van der Waals surface area contributed by atoms with Gasteiger partial charge in [0.25, 0.3) is 0 Å². The number of amides is 1. The number of nitrogens with zero attached hydrogens (tertiary/aromatic N) is 4. The molecule has 0 atom stereocenters. The predicted molar refractivity (Wildman–Crippen MR) is 70.1 cm³/mol. The standard InChI is InChI=1S/C11H10N6OSe/c1-2-8-13-10(15-14-8)11(18)12-6-4-3-5-7-9(6)17-19-16-7/h3-5H,2H2,1H3,(H,12,18)(H,13,14,15). The third-order valence-corrected chi connectivity index (χ3v) is 3.74. The summed E-state index contributed by atoms with van der Waals surface area (Å²) in [6.45, 7) is 1.94. The van der Waals surface area contributed by atoms with Crippen molar-refractivity contribution in [1.29, 1.82) is 0 Å². The van der Waals surface area contributed by atoms with Gasteiger partial charge in [-0.05, 0) is 0 Å². The summed E-state index contributed by atoms with van der Waals surface area (Å²) in [6.07, 6.45) is 0.706. The average Bonchev–Trinajstić information content (AvgIpc) is 3.08. The van der Waals surface area contributed by atoms with E-state index in [1.807, 2.05) is 19.1 Å². The number of aryl methyl sites for hydroxylation is 1. The van der Waals surface area contributed by atoms with Crippen LogP contribution in [-0.2, 0) is 6.42 Å². The molecule has 0 saturated carbocycles. The first-order valence-electron chi connectivity index (χ1n) is 5.72. The molecule has 1 aliphatic heterocycles. The fraction of sp³-hybridized carbons (Fsp3) is 0.182. The van der Waals surface area contributed by atoms with Crippen molar-refractivity contribution in [2.45, 2.75) is 13.3 Å². The topological polar surface area (TPSA) is 95.4 Å². The summed E-state index contributed by atoms with van der Waals surface area (Å²) in [7, 11) is 0. The van der Waals surface area contributed by atoms with Gasteiger partial charge in [0.1, 0.15) is 0 Å². The van der Waals surface area contributed by atoms with Crippen LogP contribution in [0.5, 0.6) is 0 Å². The van der Waals surface area contributed by atoms with Crippen LogP contribution in [0.15, 0.2) is 26.1 Å². The molecule has 0 fully saturated rings. The molecule has 3 rings (SSSR count). The molecule has 0 spiro atoms. The second-order valence-electron chi connectivity index (χ2n) is 3.85. The number of rotatable bonds is 3. The molecule has 0 bridgehead atoms. The number of carbonyl (C=O) groups excluding carboxylic acids is 1. The van der Waals surface area contributed by atoms with Gasteiger partial charge in [0.05, 0.1) is 0 Å². The normalized spacial score (nSPS) is 12.1. The van der Waals surface area contributed by atoms with E-state index >= 15 is 0 Å². The Bertz CT molecular complexity index is 716. The van der Waals surface area contributed by atoms with Crippen molar-refractivity contribution in [2.75, 3.05) is 5.32 Å². The molecule has 0 saturated heterocycles. The van der Waals surface area contributed by atoms with E-state index in [9.17, 15) is 4.79 Å². The van der Waals surface area contributed by atoms with Crippen LogP contribution in [0.3, 0.4) is 0 Å². The van der Waals surface area contributed by atoms with Crippen molar-refractivity contribution in [3.8, 4) is 0 Å². The molecule has 1 aromatic heterocycles. The number of aromatic amines is 1. The quantitative estimate of drug-likeness (QED) is 0.722. The number of aromatic nitrogens is 3. The van der Waals surface area contributed by atoms with E-state index in [4.69, 9.17) is 0 Å². The van der Waals surface area contributed by atoms with Crippen molar-refractivity contribution in [2.24, 2.45) is 7.92 Å². The van der Waals surface area contributed by atoms with E-state index in [0.29, 0.717) is 17.9 Å². The summed E-state index contributed by atoms with van der Waals surface area (Å²) in [5, 5.41) is 9.36. The maximum absolute atomic E-state index is 12.0. The Balaban J connectivity index is 1.84. The first-order valence-corrected chi connectivity index (χ1v) is 7.25. The van der Waals surface area contributed by atoms with Crippen LogP contribution in [0.2, 0.25) is 0 Å². The van der Waals surface area contributed by atoms with Crippen LogP contribution < -0.4 is 5.32 Å². The molecule has 19 heavy (non-hydrogen) atoms. The molecule has 8 heteroatoms. The number of carbonyl (C=O) groups is 1. The van der Waals surface area contributed by atoms with Gasteiger partial charge in [-0.15, -0.1) is 0 Å². The minimum atomic E-state index is -0.348. The van der Waals surface area contributed by atoms with Gasteiger partial charge in [-0.3, -0.25) is 0 Å². The monoisotopic (exact) mass is 322 g/mol. The predicted octanol–water partition coefficient (Wildman–Crippen LogP) is 1.97. The van der Waals surface area contributed by atoms with Crippen LogP contribution >= 0.6 is 0 Å². The zero-order valence-electron chi connectivity index (χ0n) is 10.0. The number of hydrogen-bond donors (Lipinski definition) is 2. The molecule has 1 aromatic carbocycles. The van der Waals surface area contributed by atoms with Gasteiger partial charge < -0.3 is 0 Å². The first-order chi connectivity index (χ1) is 9.28. The Hall–Kier alpha value is -2.05. The van der Waals surface area contributed by atoms with E-state index in [1.165, 1.54) is 0 Å². The van der Waals surface area contributed by atoms with Crippen molar-refractivity contribution < 1.29 is 4.79 Å². The zero-order chi connectivity index (χ0) is 13.2. The molecule has 2 N–H and O–H groups in total. The molecular formula is C11H10N6OSe. The summed E-state index contributed by atoms with van der Waals surface area (Å²) in [6, 6.07) is 5.51. The maximum atomic E-state index is 12.0. The van der Waals surface area contributed by atoms with Crippen molar-refractivity contribution >= 4 is 37.5 Å². The van der Waals surface area contributed by atoms with E-state index in [0.717, 1.165) is 11.4 Å². The van der Waals surface area contributed by atoms with Gasteiger partial charge in [0, 0.05) is 0 Å². The van der Waals surface area contributed by atoms with Crippen LogP contribution in [0.25, 0.3) is 0 Å². The Labute approximate surface area is 114 Å². The summed E-state index contributed by atoms with van der Waals surface area (Å²) in [5.74, 6) is 0.473. The average molecular weight is 321 g/mol. The van der Waals surface area contributed by atoms with Crippen molar-refractivity contribution in [3.63, 3.8) is 0 Å². The van der Waals surface area contributed by atoms with Crippen LogP contribution in [0.1, 0.15) is 23.4 Å². The molecule has 0 radical (unpaired) electrons. The number of benzene rings is 1. The van der Waals surface area contributed by atoms with Gasteiger partial charge in [0.2, 0.25) is 0 Å². The third kappa shape index (κ3) is 2.27. The number of H-pyrrole nitrogens is 1. The SMILES string of the molecule is CCc1nc(C(=O)Nc2cccc3c2N=[Se]=N3)n[nH]1. The first kappa shape index (κ1) is 12.0.